The van der Waals surface area contributed by atoms with Crippen LogP contribution >= 0.6 is 11.3 Å². The zero-order valence-corrected chi connectivity index (χ0v) is 34.2. The van der Waals surface area contributed by atoms with Gasteiger partial charge in [0.1, 0.15) is 0 Å². The maximum absolute atomic E-state index is 5.42. The Balaban J connectivity index is 1.15. The molecule has 0 aliphatic rings. The van der Waals surface area contributed by atoms with Crippen LogP contribution in [0, 0.1) is 0 Å². The fourth-order valence-corrected chi connectivity index (χ4v) is 10.1. The lowest BCUT2D eigenvalue weighted by Crippen LogP contribution is -2.02. The summed E-state index contributed by atoms with van der Waals surface area (Å²) < 4.78 is 4.80. The van der Waals surface area contributed by atoms with E-state index in [-0.39, 0.29) is 0 Å². The number of thiophene rings is 1. The highest BCUT2D eigenvalue weighted by molar-refractivity contribution is 7.26. The summed E-state index contributed by atoms with van der Waals surface area (Å²) in [6.07, 6.45) is 2.01. The molecule has 6 heteroatoms. The minimum absolute atomic E-state index is 0.559. The van der Waals surface area contributed by atoms with Gasteiger partial charge in [0.2, 0.25) is 0 Å². The summed E-state index contributed by atoms with van der Waals surface area (Å²) in [7, 11) is 0. The van der Waals surface area contributed by atoms with Crippen molar-refractivity contribution in [2.45, 2.75) is 0 Å². The van der Waals surface area contributed by atoms with Gasteiger partial charge in [-0.15, -0.1) is 11.3 Å². The highest BCUT2D eigenvalue weighted by atomic mass is 32.1. The van der Waals surface area contributed by atoms with Crippen molar-refractivity contribution < 1.29 is 0 Å². The molecule has 0 atom stereocenters. The van der Waals surface area contributed by atoms with Gasteiger partial charge in [0.25, 0.3) is 0 Å². The maximum atomic E-state index is 5.42. The third kappa shape index (κ3) is 5.99. The Morgan fingerprint density at radius 2 is 0.935 bits per heavy atom. The molecule has 0 aliphatic carbocycles. The van der Waals surface area contributed by atoms with Gasteiger partial charge in [-0.1, -0.05) is 176 Å². The quantitative estimate of drug-likeness (QED) is 0.161. The third-order valence-corrected chi connectivity index (χ3v) is 12.9. The molecule has 0 unspecified atom stereocenters. The van der Waals surface area contributed by atoms with Gasteiger partial charge < -0.3 is 4.57 Å². The molecule has 12 rings (SSSR count). The van der Waals surface area contributed by atoms with Crippen LogP contribution in [-0.4, -0.2) is 24.5 Å². The molecular weight excluding hydrogens is 775 g/mol. The van der Waals surface area contributed by atoms with Crippen molar-refractivity contribution in [2.24, 2.45) is 0 Å². The Hall–Kier alpha value is -8.06. The average Bonchev–Trinajstić information content (AvgIpc) is 3.91. The summed E-state index contributed by atoms with van der Waals surface area (Å²) in [6, 6.07) is 72.2. The third-order valence-electron chi connectivity index (χ3n) is 11.7. The van der Waals surface area contributed by atoms with Crippen molar-refractivity contribution in [2.75, 3.05) is 0 Å². The predicted octanol–water partition coefficient (Wildman–Crippen LogP) is 14.7. The minimum atomic E-state index is 0.559. The summed E-state index contributed by atoms with van der Waals surface area (Å²) in [5, 5.41) is 4.88. The van der Waals surface area contributed by atoms with Gasteiger partial charge in [0.05, 0.1) is 16.7 Å². The lowest BCUT2D eigenvalue weighted by atomic mass is 9.93. The highest BCUT2D eigenvalue weighted by Crippen LogP contribution is 2.47. The van der Waals surface area contributed by atoms with Crippen molar-refractivity contribution in [3.8, 4) is 73.4 Å². The summed E-state index contributed by atoms with van der Waals surface area (Å²) in [6.45, 7) is 0. The Morgan fingerprint density at radius 1 is 0.387 bits per heavy atom. The number of benzene rings is 8. The van der Waals surface area contributed by atoms with Gasteiger partial charge in [-0.25, -0.2) is 15.0 Å². The first-order valence-corrected chi connectivity index (χ1v) is 21.5. The van der Waals surface area contributed by atoms with Gasteiger partial charge >= 0.3 is 0 Å². The first kappa shape index (κ1) is 35.8. The minimum Gasteiger partial charge on any atom is -0.309 e. The Kier molecular flexibility index (Phi) is 8.61. The molecule has 8 aromatic carbocycles. The fourth-order valence-electron chi connectivity index (χ4n) is 8.90. The molecule has 290 valence electrons. The van der Waals surface area contributed by atoms with Gasteiger partial charge in [0.15, 0.2) is 17.5 Å². The van der Waals surface area contributed by atoms with Gasteiger partial charge in [-0.2, -0.15) is 0 Å². The molecule has 4 heterocycles. The number of fused-ring (bicyclic) bond motifs is 7. The van der Waals surface area contributed by atoms with E-state index in [1.54, 1.807) is 0 Å². The second kappa shape index (κ2) is 14.9. The van der Waals surface area contributed by atoms with E-state index in [0.717, 1.165) is 60.6 Å². The molecule has 4 aromatic heterocycles. The van der Waals surface area contributed by atoms with Gasteiger partial charge in [-0.3, -0.25) is 4.98 Å². The number of rotatable bonds is 7. The van der Waals surface area contributed by atoms with Crippen LogP contribution in [0.2, 0.25) is 0 Å². The zero-order valence-electron chi connectivity index (χ0n) is 33.4. The Labute approximate surface area is 361 Å². The SMILES string of the molecule is c1ccc(-c2nc(-c3ccccc3)nc(-c3cc(-c4ccccc4-c4ccccc4)cnc3-c3cccc4c3sc3ccc5c6ccccc6n(-c6ccccc6)c5c34)n2)cc1. The van der Waals surface area contributed by atoms with Crippen LogP contribution in [0.15, 0.2) is 212 Å². The van der Waals surface area contributed by atoms with Crippen molar-refractivity contribution >= 4 is 53.3 Å². The maximum Gasteiger partial charge on any atom is 0.166 e. The average molecular weight is 810 g/mol. The van der Waals surface area contributed by atoms with E-state index in [1.165, 1.54) is 37.3 Å². The fraction of sp³-hybridized carbons (Fsp3) is 0. The molecule has 12 aromatic rings. The van der Waals surface area contributed by atoms with Crippen LogP contribution in [0.4, 0.5) is 0 Å². The summed E-state index contributed by atoms with van der Waals surface area (Å²) >= 11 is 1.81. The molecule has 0 amide bonds. The summed E-state index contributed by atoms with van der Waals surface area (Å²) in [5.74, 6) is 1.77. The molecule has 0 bridgehead atoms. The number of aromatic nitrogens is 5. The molecule has 0 saturated heterocycles. The van der Waals surface area contributed by atoms with Crippen molar-refractivity contribution in [3.05, 3.63) is 212 Å². The molecular formula is C56H35N5S. The number of nitrogens with zero attached hydrogens (tertiary/aromatic N) is 5. The normalized spacial score (nSPS) is 11.5. The monoisotopic (exact) mass is 809 g/mol. The molecule has 0 spiro atoms. The van der Waals surface area contributed by atoms with Crippen LogP contribution in [0.25, 0.3) is 115 Å². The lowest BCUT2D eigenvalue weighted by molar-refractivity contribution is 1.07. The smallest absolute Gasteiger partial charge is 0.166 e. The predicted molar refractivity (Wildman–Crippen MR) is 257 cm³/mol. The second-order valence-electron chi connectivity index (χ2n) is 15.4. The molecule has 62 heavy (non-hydrogen) atoms. The van der Waals surface area contributed by atoms with Crippen LogP contribution in [0.1, 0.15) is 0 Å². The highest BCUT2D eigenvalue weighted by Gasteiger charge is 2.23. The first-order chi connectivity index (χ1) is 30.8. The first-order valence-electron chi connectivity index (χ1n) is 20.7. The standard InChI is InChI=1S/C56H35N5S/c1-5-18-36(19-6-1)41-26-13-14-27-42(41)39-34-47(56-59-54(37-20-7-2-8-21-37)58-55(60-56)38-22-9-3-10-23-38)51(57-35-39)46-30-17-29-45-50-49(62-53(45)46)33-32-44-43-28-15-16-31-48(43)61(52(44)50)40-24-11-4-12-25-40/h1-35H. The lowest BCUT2D eigenvalue weighted by Gasteiger charge is -2.15. The second-order valence-corrected chi connectivity index (χ2v) is 16.4. The van der Waals surface area contributed by atoms with Crippen molar-refractivity contribution in [1.29, 1.82) is 0 Å². The number of hydrogen-bond donors (Lipinski definition) is 0. The van der Waals surface area contributed by atoms with Gasteiger partial charge in [0, 0.05) is 70.6 Å². The van der Waals surface area contributed by atoms with E-state index in [9.17, 15) is 0 Å². The Morgan fingerprint density at radius 3 is 1.63 bits per heavy atom. The van der Waals surface area contributed by atoms with E-state index in [2.05, 4.69) is 150 Å². The van der Waals surface area contributed by atoms with E-state index >= 15 is 0 Å². The van der Waals surface area contributed by atoms with Crippen molar-refractivity contribution in [3.63, 3.8) is 0 Å². The molecule has 0 aliphatic heterocycles. The van der Waals surface area contributed by atoms with Gasteiger partial charge in [-0.05, 0) is 47.0 Å². The topological polar surface area (TPSA) is 56.5 Å². The van der Waals surface area contributed by atoms with Crippen LogP contribution in [0.5, 0.6) is 0 Å². The van der Waals surface area contributed by atoms with E-state index in [4.69, 9.17) is 19.9 Å². The Bertz CT molecular complexity index is 3560. The summed E-state index contributed by atoms with van der Waals surface area (Å²) in [5.41, 5.74) is 12.3. The van der Waals surface area contributed by atoms with Crippen LogP contribution in [0.3, 0.4) is 0 Å². The molecule has 5 nitrogen and oxygen atoms in total. The number of para-hydroxylation sites is 2. The van der Waals surface area contributed by atoms with Crippen LogP contribution < -0.4 is 0 Å². The van der Waals surface area contributed by atoms with E-state index < -0.39 is 0 Å². The summed E-state index contributed by atoms with van der Waals surface area (Å²) in [4.78, 5) is 21.0. The number of hydrogen-bond acceptors (Lipinski definition) is 5. The van der Waals surface area contributed by atoms with E-state index in [1.807, 2.05) is 78.2 Å². The molecule has 0 fully saturated rings. The van der Waals surface area contributed by atoms with Crippen molar-refractivity contribution in [1.82, 2.24) is 24.5 Å². The molecule has 0 saturated carbocycles. The molecule has 0 N–H and O–H groups in total. The van der Waals surface area contributed by atoms with Crippen LogP contribution in [-0.2, 0) is 0 Å². The van der Waals surface area contributed by atoms with E-state index in [0.29, 0.717) is 17.5 Å². The molecule has 0 radical (unpaired) electrons. The largest absolute Gasteiger partial charge is 0.309 e. The number of pyridine rings is 1. The zero-order chi connectivity index (χ0) is 41.0.